The van der Waals surface area contributed by atoms with Crippen LogP contribution in [0.1, 0.15) is 6.42 Å². The highest BCUT2D eigenvalue weighted by atomic mass is 14.6. The third-order valence-electron chi connectivity index (χ3n) is 0.765. The molecule has 0 aromatic heterocycles. The number of nitrogens with two attached hydrogens (primary N) is 2. The molecule has 0 aliphatic rings. The van der Waals surface area contributed by atoms with Gasteiger partial charge in [0.2, 0.25) is 0 Å². The van der Waals surface area contributed by atoms with Gasteiger partial charge in [-0.2, -0.15) is 0 Å². The summed E-state index contributed by atoms with van der Waals surface area (Å²) in [5, 5.41) is 0. The molecule has 0 aromatic rings. The Labute approximate surface area is 49.9 Å². The van der Waals surface area contributed by atoms with E-state index >= 15 is 0 Å². The van der Waals surface area contributed by atoms with Crippen LogP contribution in [-0.4, -0.2) is 6.54 Å². The summed E-state index contributed by atoms with van der Waals surface area (Å²) >= 11 is 0. The molecular formula is C6H12N2. The summed E-state index contributed by atoms with van der Waals surface area (Å²) in [6, 6.07) is 0. The molecule has 0 radical (unpaired) electrons. The van der Waals surface area contributed by atoms with Crippen molar-refractivity contribution in [3.8, 4) is 0 Å². The van der Waals surface area contributed by atoms with Crippen LogP contribution in [0.5, 0.6) is 0 Å². The average Bonchev–Trinajstić information content (AvgIpc) is 1.68. The number of allylic oxidation sites excluding steroid dienone is 2. The standard InChI is InChI=1S/C6H12N2/c1-2-3-6(8)4-5-7/h2-3H,1,4-5,7-8H2/b6-3-. The predicted molar refractivity (Wildman–Crippen MR) is 36.1 cm³/mol. The molecule has 0 unspecified atom stereocenters. The van der Waals surface area contributed by atoms with E-state index in [0.717, 1.165) is 12.1 Å². The maximum absolute atomic E-state index is 5.40. The molecule has 8 heavy (non-hydrogen) atoms. The second-order valence-corrected chi connectivity index (χ2v) is 1.52. The van der Waals surface area contributed by atoms with Gasteiger partial charge in [0.05, 0.1) is 0 Å². The minimum atomic E-state index is 0.607. The molecular weight excluding hydrogens is 100 g/mol. The predicted octanol–water partition coefficient (Wildman–Crippen LogP) is 0.364. The van der Waals surface area contributed by atoms with Crippen LogP contribution in [0.25, 0.3) is 0 Å². The minimum Gasteiger partial charge on any atom is -0.402 e. The topological polar surface area (TPSA) is 52.0 Å². The van der Waals surface area contributed by atoms with Crippen LogP contribution in [0.4, 0.5) is 0 Å². The van der Waals surface area contributed by atoms with Crippen LogP contribution < -0.4 is 11.5 Å². The summed E-state index contributed by atoms with van der Waals surface area (Å²) < 4.78 is 0. The smallest absolute Gasteiger partial charge is 0.00929 e. The summed E-state index contributed by atoms with van der Waals surface area (Å²) in [6.45, 7) is 4.09. The van der Waals surface area contributed by atoms with Gasteiger partial charge in [0.1, 0.15) is 0 Å². The average molecular weight is 112 g/mol. The normalized spacial score (nSPS) is 11.4. The van der Waals surface area contributed by atoms with Crippen molar-refractivity contribution >= 4 is 0 Å². The first-order valence-corrected chi connectivity index (χ1v) is 2.58. The van der Waals surface area contributed by atoms with Crippen molar-refractivity contribution < 1.29 is 0 Å². The number of hydrogen-bond donors (Lipinski definition) is 2. The molecule has 0 bridgehead atoms. The molecule has 0 fully saturated rings. The fourth-order valence-electron chi connectivity index (χ4n) is 0.401. The van der Waals surface area contributed by atoms with Crippen molar-refractivity contribution in [3.63, 3.8) is 0 Å². The SMILES string of the molecule is C=C/C=C(\N)CCN. The maximum atomic E-state index is 5.40. The Balaban J connectivity index is 3.44. The summed E-state index contributed by atoms with van der Waals surface area (Å²) in [6.07, 6.45) is 4.17. The van der Waals surface area contributed by atoms with Gasteiger partial charge in [0.15, 0.2) is 0 Å². The van der Waals surface area contributed by atoms with E-state index in [1.165, 1.54) is 0 Å². The molecule has 0 atom stereocenters. The Morgan fingerprint density at radius 2 is 2.25 bits per heavy atom. The molecule has 0 saturated heterocycles. The van der Waals surface area contributed by atoms with Crippen molar-refractivity contribution in [2.24, 2.45) is 11.5 Å². The molecule has 0 spiro atoms. The summed E-state index contributed by atoms with van der Waals surface area (Å²) in [5.41, 5.74) is 11.4. The van der Waals surface area contributed by atoms with E-state index in [4.69, 9.17) is 11.5 Å². The van der Waals surface area contributed by atoms with Gasteiger partial charge < -0.3 is 11.5 Å². The molecule has 0 aliphatic heterocycles. The Morgan fingerprint density at radius 3 is 2.62 bits per heavy atom. The van der Waals surface area contributed by atoms with Gasteiger partial charge in [-0.3, -0.25) is 0 Å². The summed E-state index contributed by atoms with van der Waals surface area (Å²) in [7, 11) is 0. The third kappa shape index (κ3) is 3.43. The van der Waals surface area contributed by atoms with Gasteiger partial charge in [-0.25, -0.2) is 0 Å². The van der Waals surface area contributed by atoms with E-state index in [-0.39, 0.29) is 0 Å². The van der Waals surface area contributed by atoms with Crippen molar-refractivity contribution in [2.45, 2.75) is 6.42 Å². The van der Waals surface area contributed by atoms with Crippen molar-refractivity contribution in [1.29, 1.82) is 0 Å². The maximum Gasteiger partial charge on any atom is 0.00929 e. The van der Waals surface area contributed by atoms with Crippen LogP contribution >= 0.6 is 0 Å². The van der Waals surface area contributed by atoms with Gasteiger partial charge in [-0.1, -0.05) is 12.7 Å². The Morgan fingerprint density at radius 1 is 1.62 bits per heavy atom. The van der Waals surface area contributed by atoms with Gasteiger partial charge in [0, 0.05) is 5.70 Å². The highest BCUT2D eigenvalue weighted by Crippen LogP contribution is 1.87. The summed E-state index contributed by atoms with van der Waals surface area (Å²) in [4.78, 5) is 0. The van der Waals surface area contributed by atoms with Gasteiger partial charge >= 0.3 is 0 Å². The molecule has 0 rings (SSSR count). The molecule has 0 saturated carbocycles. The van der Waals surface area contributed by atoms with Crippen LogP contribution in [0.3, 0.4) is 0 Å². The monoisotopic (exact) mass is 112 g/mol. The second-order valence-electron chi connectivity index (χ2n) is 1.52. The molecule has 0 heterocycles. The molecule has 2 heteroatoms. The van der Waals surface area contributed by atoms with Crippen LogP contribution in [0, 0.1) is 0 Å². The number of rotatable bonds is 3. The highest BCUT2D eigenvalue weighted by Gasteiger charge is 1.81. The van der Waals surface area contributed by atoms with Crippen LogP contribution in [0.15, 0.2) is 24.4 Å². The third-order valence-corrected chi connectivity index (χ3v) is 0.765. The zero-order chi connectivity index (χ0) is 6.41. The quantitative estimate of drug-likeness (QED) is 0.518. The Bertz CT molecular complexity index is 94.7. The van der Waals surface area contributed by atoms with Crippen LogP contribution in [0.2, 0.25) is 0 Å². The molecule has 46 valence electrons. The lowest BCUT2D eigenvalue weighted by Gasteiger charge is -1.92. The zero-order valence-corrected chi connectivity index (χ0v) is 4.93. The van der Waals surface area contributed by atoms with Crippen molar-refractivity contribution in [2.75, 3.05) is 6.54 Å². The molecule has 0 amide bonds. The zero-order valence-electron chi connectivity index (χ0n) is 4.93. The summed E-state index contributed by atoms with van der Waals surface area (Å²) in [5.74, 6) is 0. The van der Waals surface area contributed by atoms with Gasteiger partial charge in [-0.05, 0) is 19.0 Å². The Kier molecular flexibility index (Phi) is 3.98. The van der Waals surface area contributed by atoms with E-state index in [0.29, 0.717) is 6.54 Å². The largest absolute Gasteiger partial charge is 0.402 e. The lowest BCUT2D eigenvalue weighted by Crippen LogP contribution is -2.05. The first-order chi connectivity index (χ1) is 3.81. The van der Waals surface area contributed by atoms with E-state index < -0.39 is 0 Å². The fraction of sp³-hybridized carbons (Fsp3) is 0.333. The lowest BCUT2D eigenvalue weighted by atomic mass is 10.3. The molecule has 4 N–H and O–H groups in total. The molecule has 0 aromatic carbocycles. The van der Waals surface area contributed by atoms with Crippen molar-refractivity contribution in [1.82, 2.24) is 0 Å². The van der Waals surface area contributed by atoms with Gasteiger partial charge in [-0.15, -0.1) is 0 Å². The second kappa shape index (κ2) is 4.40. The van der Waals surface area contributed by atoms with E-state index in [9.17, 15) is 0 Å². The molecule has 2 nitrogen and oxygen atoms in total. The lowest BCUT2D eigenvalue weighted by molar-refractivity contribution is 0.936. The first kappa shape index (κ1) is 7.24. The van der Waals surface area contributed by atoms with E-state index in [1.807, 2.05) is 0 Å². The van der Waals surface area contributed by atoms with E-state index in [2.05, 4.69) is 6.58 Å². The van der Waals surface area contributed by atoms with Crippen LogP contribution in [-0.2, 0) is 0 Å². The highest BCUT2D eigenvalue weighted by molar-refractivity contribution is 5.06. The van der Waals surface area contributed by atoms with Crippen molar-refractivity contribution in [3.05, 3.63) is 24.4 Å². The molecule has 0 aliphatic carbocycles. The number of hydrogen-bond acceptors (Lipinski definition) is 2. The Hall–Kier alpha value is -0.760. The minimum absolute atomic E-state index is 0.607. The van der Waals surface area contributed by atoms with Gasteiger partial charge in [0.25, 0.3) is 0 Å². The first-order valence-electron chi connectivity index (χ1n) is 2.58. The van der Waals surface area contributed by atoms with E-state index in [1.54, 1.807) is 12.2 Å². The fourth-order valence-corrected chi connectivity index (χ4v) is 0.401.